The van der Waals surface area contributed by atoms with Crippen LogP contribution < -0.4 is 11.1 Å². The number of amides is 1. The van der Waals surface area contributed by atoms with Crippen LogP contribution in [-0.2, 0) is 14.3 Å². The first kappa shape index (κ1) is 17.8. The molecule has 0 aromatic rings. The molecule has 2 saturated carbocycles. The van der Waals surface area contributed by atoms with Crippen molar-refractivity contribution < 1.29 is 19.1 Å². The van der Waals surface area contributed by atoms with Gasteiger partial charge in [0.05, 0.1) is 6.61 Å². The van der Waals surface area contributed by atoms with Gasteiger partial charge in [-0.1, -0.05) is 6.58 Å². The second-order valence-electron chi connectivity index (χ2n) is 6.64. The van der Waals surface area contributed by atoms with E-state index in [2.05, 4.69) is 11.9 Å². The molecular weight excluding hydrogens is 296 g/mol. The fourth-order valence-corrected chi connectivity index (χ4v) is 3.29. The summed E-state index contributed by atoms with van der Waals surface area (Å²) in [5, 5.41) is 2.92. The van der Waals surface area contributed by atoms with Crippen molar-refractivity contribution in [2.45, 2.75) is 69.6 Å². The van der Waals surface area contributed by atoms with Gasteiger partial charge in [0.1, 0.15) is 6.10 Å². The van der Waals surface area contributed by atoms with E-state index in [0.717, 1.165) is 51.4 Å². The average Bonchev–Trinajstić information content (AvgIpc) is 2.56. The molecule has 0 radical (unpaired) electrons. The Hall–Kier alpha value is -1.56. The van der Waals surface area contributed by atoms with Gasteiger partial charge in [-0.2, -0.15) is 0 Å². The lowest BCUT2D eigenvalue weighted by molar-refractivity contribution is -0.144. The second-order valence-corrected chi connectivity index (χ2v) is 6.64. The summed E-state index contributed by atoms with van der Waals surface area (Å²) >= 11 is 0. The summed E-state index contributed by atoms with van der Waals surface area (Å²) in [7, 11) is 0. The van der Waals surface area contributed by atoms with Crippen LogP contribution in [0.25, 0.3) is 0 Å². The predicted molar refractivity (Wildman–Crippen MR) is 86.8 cm³/mol. The molecule has 6 heteroatoms. The normalized spacial score (nSPS) is 31.0. The Balaban J connectivity index is 1.58. The summed E-state index contributed by atoms with van der Waals surface area (Å²) in [5.74, 6) is -0.0181. The van der Waals surface area contributed by atoms with Crippen LogP contribution in [-0.4, -0.2) is 36.9 Å². The molecule has 1 amide bonds. The highest BCUT2D eigenvalue weighted by Crippen LogP contribution is 2.26. The van der Waals surface area contributed by atoms with Crippen molar-refractivity contribution in [3.8, 4) is 0 Å². The van der Waals surface area contributed by atoms with E-state index in [1.165, 1.54) is 6.08 Å². The zero-order valence-electron chi connectivity index (χ0n) is 13.7. The van der Waals surface area contributed by atoms with Gasteiger partial charge in [-0.25, -0.2) is 9.59 Å². The smallest absolute Gasteiger partial charge is 0.407 e. The molecule has 6 nitrogen and oxygen atoms in total. The SMILES string of the molecule is C=CC(=O)OC1CCC(COC(=O)NC2CCC(N)CC2)CC1. The zero-order valence-corrected chi connectivity index (χ0v) is 13.7. The van der Waals surface area contributed by atoms with Crippen LogP contribution in [0.1, 0.15) is 51.4 Å². The number of carbonyl (C=O) groups is 2. The number of nitrogens with two attached hydrogens (primary N) is 1. The molecule has 0 atom stereocenters. The van der Waals surface area contributed by atoms with Crippen LogP contribution in [0, 0.1) is 5.92 Å². The summed E-state index contributed by atoms with van der Waals surface area (Å²) in [6.07, 6.45) is 8.04. The van der Waals surface area contributed by atoms with Crippen LogP contribution in [0.3, 0.4) is 0 Å². The Labute approximate surface area is 137 Å². The number of esters is 1. The molecule has 0 aromatic carbocycles. The number of carbonyl (C=O) groups excluding carboxylic acids is 2. The van der Waals surface area contributed by atoms with Crippen molar-refractivity contribution in [1.82, 2.24) is 5.32 Å². The van der Waals surface area contributed by atoms with Crippen molar-refractivity contribution >= 4 is 12.1 Å². The van der Waals surface area contributed by atoms with E-state index < -0.39 is 0 Å². The van der Waals surface area contributed by atoms with Gasteiger partial charge >= 0.3 is 12.1 Å². The van der Waals surface area contributed by atoms with Gasteiger partial charge < -0.3 is 20.5 Å². The highest BCUT2D eigenvalue weighted by atomic mass is 16.6. The molecule has 2 rings (SSSR count). The van der Waals surface area contributed by atoms with E-state index in [1.54, 1.807) is 0 Å². The lowest BCUT2D eigenvalue weighted by Crippen LogP contribution is -2.41. The van der Waals surface area contributed by atoms with Crippen LogP contribution in [0.4, 0.5) is 4.79 Å². The van der Waals surface area contributed by atoms with Crippen molar-refractivity contribution in [3.05, 3.63) is 12.7 Å². The number of ether oxygens (including phenoxy) is 2. The number of nitrogens with one attached hydrogen (secondary N) is 1. The molecule has 0 saturated heterocycles. The van der Waals surface area contributed by atoms with Crippen molar-refractivity contribution in [2.75, 3.05) is 6.61 Å². The molecule has 0 spiro atoms. The molecule has 23 heavy (non-hydrogen) atoms. The fourth-order valence-electron chi connectivity index (χ4n) is 3.29. The van der Waals surface area contributed by atoms with Gasteiger partial charge in [0.15, 0.2) is 0 Å². The lowest BCUT2D eigenvalue weighted by Gasteiger charge is -2.29. The summed E-state index contributed by atoms with van der Waals surface area (Å²) in [5.41, 5.74) is 5.85. The van der Waals surface area contributed by atoms with Gasteiger partial charge in [-0.3, -0.25) is 0 Å². The molecule has 2 aliphatic carbocycles. The minimum absolute atomic E-state index is 0.0305. The van der Waals surface area contributed by atoms with Crippen molar-refractivity contribution in [2.24, 2.45) is 11.7 Å². The largest absolute Gasteiger partial charge is 0.459 e. The van der Waals surface area contributed by atoms with Gasteiger partial charge in [-0.05, 0) is 57.3 Å². The first-order valence-electron chi connectivity index (χ1n) is 8.58. The summed E-state index contributed by atoms with van der Waals surface area (Å²) in [4.78, 5) is 23.0. The molecule has 0 heterocycles. The first-order valence-corrected chi connectivity index (χ1v) is 8.58. The van der Waals surface area contributed by atoms with E-state index in [0.29, 0.717) is 12.5 Å². The minimum Gasteiger partial charge on any atom is -0.459 e. The van der Waals surface area contributed by atoms with E-state index in [9.17, 15) is 9.59 Å². The topological polar surface area (TPSA) is 90.6 Å². The van der Waals surface area contributed by atoms with Crippen LogP contribution in [0.15, 0.2) is 12.7 Å². The summed E-state index contributed by atoms with van der Waals surface area (Å²) < 4.78 is 10.6. The number of rotatable bonds is 5. The van der Waals surface area contributed by atoms with E-state index in [-0.39, 0.29) is 30.3 Å². The van der Waals surface area contributed by atoms with Crippen LogP contribution in [0.2, 0.25) is 0 Å². The lowest BCUT2D eigenvalue weighted by atomic mass is 9.88. The third-order valence-corrected chi connectivity index (χ3v) is 4.79. The Morgan fingerprint density at radius 2 is 1.74 bits per heavy atom. The molecule has 0 bridgehead atoms. The van der Waals surface area contributed by atoms with Crippen LogP contribution in [0.5, 0.6) is 0 Å². The summed E-state index contributed by atoms with van der Waals surface area (Å²) in [6.45, 7) is 3.83. The second kappa shape index (κ2) is 8.91. The van der Waals surface area contributed by atoms with Gasteiger partial charge in [0.25, 0.3) is 0 Å². The van der Waals surface area contributed by atoms with E-state index in [4.69, 9.17) is 15.2 Å². The number of hydrogen-bond acceptors (Lipinski definition) is 5. The molecule has 2 aliphatic rings. The van der Waals surface area contributed by atoms with Gasteiger partial charge in [0.2, 0.25) is 0 Å². The molecule has 130 valence electrons. The Morgan fingerprint density at radius 3 is 2.35 bits per heavy atom. The molecule has 0 unspecified atom stereocenters. The van der Waals surface area contributed by atoms with E-state index >= 15 is 0 Å². The Kier molecular flexibility index (Phi) is 6.89. The molecule has 2 fully saturated rings. The monoisotopic (exact) mass is 324 g/mol. The fraction of sp³-hybridized carbons (Fsp3) is 0.765. The molecular formula is C17H28N2O4. The maximum Gasteiger partial charge on any atom is 0.407 e. The Morgan fingerprint density at radius 1 is 1.09 bits per heavy atom. The number of hydrogen-bond donors (Lipinski definition) is 2. The van der Waals surface area contributed by atoms with E-state index in [1.807, 2.05) is 0 Å². The maximum atomic E-state index is 11.8. The van der Waals surface area contributed by atoms with Gasteiger partial charge in [-0.15, -0.1) is 0 Å². The third kappa shape index (κ3) is 6.22. The van der Waals surface area contributed by atoms with Crippen molar-refractivity contribution in [1.29, 1.82) is 0 Å². The minimum atomic E-state index is -0.365. The number of alkyl carbamates (subject to hydrolysis) is 1. The van der Waals surface area contributed by atoms with Crippen LogP contribution >= 0.6 is 0 Å². The summed E-state index contributed by atoms with van der Waals surface area (Å²) in [6, 6.07) is 0.464. The third-order valence-electron chi connectivity index (χ3n) is 4.79. The average molecular weight is 324 g/mol. The van der Waals surface area contributed by atoms with Gasteiger partial charge in [0, 0.05) is 18.2 Å². The van der Waals surface area contributed by atoms with Crippen molar-refractivity contribution in [3.63, 3.8) is 0 Å². The zero-order chi connectivity index (χ0) is 16.7. The standard InChI is InChI=1S/C17H28N2O4/c1-2-16(20)23-15-9-3-12(4-10-15)11-22-17(21)19-14-7-5-13(18)6-8-14/h2,12-15H,1,3-11,18H2,(H,19,21). The quantitative estimate of drug-likeness (QED) is 0.598. The first-order chi connectivity index (χ1) is 11.1. The highest BCUT2D eigenvalue weighted by molar-refractivity contribution is 5.81. The molecule has 0 aliphatic heterocycles. The highest BCUT2D eigenvalue weighted by Gasteiger charge is 2.25. The molecule has 0 aromatic heterocycles. The predicted octanol–water partition coefficient (Wildman–Crippen LogP) is 2.27. The Bertz CT molecular complexity index is 411. The molecule has 3 N–H and O–H groups in total. The maximum absolute atomic E-state index is 11.8.